The Hall–Kier alpha value is -0.0800. The van der Waals surface area contributed by atoms with Gasteiger partial charge in [0.2, 0.25) is 0 Å². The number of hydrogen-bond acceptors (Lipinski definition) is 2. The van der Waals surface area contributed by atoms with Gasteiger partial charge in [-0.05, 0) is 34.6 Å². The predicted molar refractivity (Wildman–Crippen MR) is 51.3 cm³/mol. The Kier molecular flexibility index (Phi) is 2.79. The van der Waals surface area contributed by atoms with Gasteiger partial charge in [0.05, 0.1) is 11.7 Å². The van der Waals surface area contributed by atoms with Gasteiger partial charge in [-0.1, -0.05) is 0 Å². The molecule has 0 N–H and O–H groups in total. The van der Waals surface area contributed by atoms with E-state index in [-0.39, 0.29) is 5.60 Å². The molecule has 0 atom stereocenters. The lowest BCUT2D eigenvalue weighted by Gasteiger charge is -2.50. The van der Waals surface area contributed by atoms with Crippen LogP contribution in [0.4, 0.5) is 0 Å². The van der Waals surface area contributed by atoms with E-state index < -0.39 is 0 Å². The minimum atomic E-state index is 0.123. The molecule has 12 heavy (non-hydrogen) atoms. The maximum atomic E-state index is 5.81. The van der Waals surface area contributed by atoms with Crippen LogP contribution in [0, 0.1) is 0 Å². The Morgan fingerprint density at radius 1 is 1.17 bits per heavy atom. The van der Waals surface area contributed by atoms with Gasteiger partial charge < -0.3 is 4.74 Å². The van der Waals surface area contributed by atoms with Gasteiger partial charge in [-0.3, -0.25) is 4.90 Å². The van der Waals surface area contributed by atoms with E-state index in [9.17, 15) is 0 Å². The van der Waals surface area contributed by atoms with Gasteiger partial charge in [0.25, 0.3) is 0 Å². The van der Waals surface area contributed by atoms with Crippen LogP contribution in [-0.4, -0.2) is 35.7 Å². The molecule has 0 aromatic rings. The second kappa shape index (κ2) is 3.35. The largest absolute Gasteiger partial charge is 0.370 e. The summed E-state index contributed by atoms with van der Waals surface area (Å²) in [4.78, 5) is 2.43. The number of likely N-dealkylation sites (tertiary alicyclic amines) is 1. The SMILES string of the molecule is CC(C)OC1(C)CN(C(C)C)C1. The van der Waals surface area contributed by atoms with Crippen molar-refractivity contribution in [1.29, 1.82) is 0 Å². The lowest BCUT2D eigenvalue weighted by atomic mass is 9.94. The fraction of sp³-hybridized carbons (Fsp3) is 1.00. The van der Waals surface area contributed by atoms with E-state index in [1.165, 1.54) is 0 Å². The van der Waals surface area contributed by atoms with Crippen LogP contribution >= 0.6 is 0 Å². The third kappa shape index (κ3) is 2.20. The highest BCUT2D eigenvalue weighted by Crippen LogP contribution is 2.27. The monoisotopic (exact) mass is 171 g/mol. The van der Waals surface area contributed by atoms with Crippen molar-refractivity contribution < 1.29 is 4.74 Å². The molecule has 0 spiro atoms. The molecule has 0 amide bonds. The zero-order valence-electron chi connectivity index (χ0n) is 8.92. The summed E-state index contributed by atoms with van der Waals surface area (Å²) in [7, 11) is 0. The van der Waals surface area contributed by atoms with Gasteiger partial charge in [-0.15, -0.1) is 0 Å². The molecule has 0 radical (unpaired) electrons. The van der Waals surface area contributed by atoms with Crippen molar-refractivity contribution >= 4 is 0 Å². The number of nitrogens with zero attached hydrogens (tertiary/aromatic N) is 1. The highest BCUT2D eigenvalue weighted by atomic mass is 16.5. The maximum Gasteiger partial charge on any atom is 0.0910 e. The van der Waals surface area contributed by atoms with Crippen LogP contribution in [0.1, 0.15) is 34.6 Å². The van der Waals surface area contributed by atoms with Crippen molar-refractivity contribution in [3.8, 4) is 0 Å². The molecule has 0 aromatic heterocycles. The first kappa shape index (κ1) is 10.0. The van der Waals surface area contributed by atoms with E-state index in [4.69, 9.17) is 4.74 Å². The van der Waals surface area contributed by atoms with Crippen LogP contribution in [0.3, 0.4) is 0 Å². The molecule has 1 saturated heterocycles. The normalized spacial score (nSPS) is 23.2. The summed E-state index contributed by atoms with van der Waals surface area (Å²) in [5.74, 6) is 0. The van der Waals surface area contributed by atoms with Gasteiger partial charge in [0.15, 0.2) is 0 Å². The molecule has 0 unspecified atom stereocenters. The lowest BCUT2D eigenvalue weighted by molar-refractivity contribution is -0.162. The van der Waals surface area contributed by atoms with Crippen LogP contribution < -0.4 is 0 Å². The number of ether oxygens (including phenoxy) is 1. The topological polar surface area (TPSA) is 12.5 Å². The first-order valence-electron chi connectivity index (χ1n) is 4.85. The second-order valence-corrected chi connectivity index (χ2v) is 4.62. The molecule has 0 saturated carbocycles. The van der Waals surface area contributed by atoms with Crippen LogP contribution in [0.5, 0.6) is 0 Å². The summed E-state index contributed by atoms with van der Waals surface area (Å²) in [5, 5.41) is 0. The van der Waals surface area contributed by atoms with Crippen molar-refractivity contribution in [3.63, 3.8) is 0 Å². The summed E-state index contributed by atoms with van der Waals surface area (Å²) >= 11 is 0. The van der Waals surface area contributed by atoms with E-state index in [2.05, 4.69) is 39.5 Å². The molecule has 0 bridgehead atoms. The number of rotatable bonds is 3. The molecule has 1 heterocycles. The van der Waals surface area contributed by atoms with Crippen molar-refractivity contribution in [2.45, 2.75) is 52.4 Å². The molecule has 2 heteroatoms. The third-order valence-corrected chi connectivity index (χ3v) is 2.33. The number of hydrogen-bond donors (Lipinski definition) is 0. The predicted octanol–water partition coefficient (Wildman–Crippen LogP) is 1.89. The molecule has 0 aliphatic carbocycles. The van der Waals surface area contributed by atoms with Crippen molar-refractivity contribution in [3.05, 3.63) is 0 Å². The van der Waals surface area contributed by atoms with Crippen LogP contribution in [-0.2, 0) is 4.74 Å². The van der Waals surface area contributed by atoms with Crippen LogP contribution in [0.2, 0.25) is 0 Å². The van der Waals surface area contributed by atoms with Gasteiger partial charge in [-0.2, -0.15) is 0 Å². The molecule has 2 nitrogen and oxygen atoms in total. The van der Waals surface area contributed by atoms with E-state index >= 15 is 0 Å². The van der Waals surface area contributed by atoms with Gasteiger partial charge in [0.1, 0.15) is 0 Å². The third-order valence-electron chi connectivity index (χ3n) is 2.33. The van der Waals surface area contributed by atoms with E-state index in [0.29, 0.717) is 12.1 Å². The average Bonchev–Trinajstić information content (AvgIpc) is 1.80. The van der Waals surface area contributed by atoms with Gasteiger partial charge >= 0.3 is 0 Å². The fourth-order valence-electron chi connectivity index (χ4n) is 1.82. The zero-order chi connectivity index (χ0) is 9.35. The Labute approximate surface area is 75.9 Å². The van der Waals surface area contributed by atoms with Crippen molar-refractivity contribution in [2.24, 2.45) is 0 Å². The van der Waals surface area contributed by atoms with Gasteiger partial charge in [-0.25, -0.2) is 0 Å². The molecule has 1 rings (SSSR count). The second-order valence-electron chi connectivity index (χ2n) is 4.62. The molecular formula is C10H21NO. The first-order chi connectivity index (χ1) is 5.43. The van der Waals surface area contributed by atoms with Crippen molar-refractivity contribution in [1.82, 2.24) is 4.90 Å². The Bertz CT molecular complexity index is 148. The smallest absolute Gasteiger partial charge is 0.0910 e. The van der Waals surface area contributed by atoms with Crippen molar-refractivity contribution in [2.75, 3.05) is 13.1 Å². The van der Waals surface area contributed by atoms with Crippen LogP contribution in [0.15, 0.2) is 0 Å². The molecule has 1 aliphatic rings. The quantitative estimate of drug-likeness (QED) is 0.643. The van der Waals surface area contributed by atoms with E-state index in [0.717, 1.165) is 13.1 Å². The minimum Gasteiger partial charge on any atom is -0.370 e. The van der Waals surface area contributed by atoms with E-state index in [1.807, 2.05) is 0 Å². The molecule has 1 aliphatic heterocycles. The molecular weight excluding hydrogens is 150 g/mol. The summed E-state index contributed by atoms with van der Waals surface area (Å²) < 4.78 is 5.81. The van der Waals surface area contributed by atoms with E-state index in [1.54, 1.807) is 0 Å². The first-order valence-corrected chi connectivity index (χ1v) is 4.85. The zero-order valence-corrected chi connectivity index (χ0v) is 8.92. The molecule has 72 valence electrons. The molecule has 1 fully saturated rings. The minimum absolute atomic E-state index is 0.123. The average molecular weight is 171 g/mol. The summed E-state index contributed by atoms with van der Waals surface area (Å²) in [6, 6.07) is 0.661. The summed E-state index contributed by atoms with van der Waals surface area (Å²) in [6.45, 7) is 13.0. The standard InChI is InChI=1S/C10H21NO/c1-8(2)11-6-10(5,7-11)12-9(3)4/h8-9H,6-7H2,1-5H3. The maximum absolute atomic E-state index is 5.81. The summed E-state index contributed by atoms with van der Waals surface area (Å²) in [5.41, 5.74) is 0.123. The fourth-order valence-corrected chi connectivity index (χ4v) is 1.82. The lowest BCUT2D eigenvalue weighted by Crippen LogP contribution is -2.63. The van der Waals surface area contributed by atoms with Gasteiger partial charge in [0, 0.05) is 19.1 Å². The van der Waals surface area contributed by atoms with Crippen LogP contribution in [0.25, 0.3) is 0 Å². The highest BCUT2D eigenvalue weighted by molar-refractivity contribution is 4.95. The molecule has 0 aromatic carbocycles. The highest BCUT2D eigenvalue weighted by Gasteiger charge is 2.41. The summed E-state index contributed by atoms with van der Waals surface area (Å²) in [6.07, 6.45) is 0.351. The Balaban J connectivity index is 2.30. The Morgan fingerprint density at radius 3 is 2.00 bits per heavy atom. The Morgan fingerprint density at radius 2 is 1.67 bits per heavy atom.